The molecule has 0 amide bonds. The summed E-state index contributed by atoms with van der Waals surface area (Å²) >= 11 is 0. The second-order valence-corrected chi connectivity index (χ2v) is 4.98. The smallest absolute Gasteiger partial charge is 0.134 e. The summed E-state index contributed by atoms with van der Waals surface area (Å²) in [7, 11) is 3.94. The first-order valence-corrected chi connectivity index (χ1v) is 6.54. The van der Waals surface area contributed by atoms with E-state index in [2.05, 4.69) is 27.2 Å². The van der Waals surface area contributed by atoms with E-state index in [1.165, 1.54) is 0 Å². The molecule has 0 unspecified atom stereocenters. The van der Waals surface area contributed by atoms with Crippen LogP contribution >= 0.6 is 0 Å². The fraction of sp³-hybridized carbons (Fsp3) is 0.692. The van der Waals surface area contributed by atoms with Crippen molar-refractivity contribution in [2.24, 2.45) is 0 Å². The molecular weight excluding hydrogens is 228 g/mol. The Morgan fingerprint density at radius 1 is 1.28 bits per heavy atom. The van der Waals surface area contributed by atoms with Gasteiger partial charge in [-0.25, -0.2) is 9.97 Å². The number of anilines is 2. The predicted octanol–water partition coefficient (Wildman–Crippen LogP) is 1.57. The van der Waals surface area contributed by atoms with Crippen LogP contribution in [-0.2, 0) is 0 Å². The number of aryl methyl sites for hydroxylation is 1. The van der Waals surface area contributed by atoms with Gasteiger partial charge in [-0.15, -0.1) is 0 Å². The molecule has 0 radical (unpaired) electrons. The molecule has 1 aromatic rings. The molecule has 1 aromatic heterocycles. The van der Waals surface area contributed by atoms with Crippen molar-refractivity contribution in [1.29, 1.82) is 0 Å². The van der Waals surface area contributed by atoms with Gasteiger partial charge in [0.05, 0.1) is 6.10 Å². The second-order valence-electron chi connectivity index (χ2n) is 4.98. The lowest BCUT2D eigenvalue weighted by molar-refractivity contribution is 0.122. The molecule has 5 heteroatoms. The minimum Gasteiger partial charge on any atom is -0.393 e. The molecule has 0 saturated heterocycles. The zero-order chi connectivity index (χ0) is 13.1. The van der Waals surface area contributed by atoms with Gasteiger partial charge in [-0.2, -0.15) is 0 Å². The average Bonchev–Trinajstić information content (AvgIpc) is 2.38. The van der Waals surface area contributed by atoms with Crippen LogP contribution < -0.4 is 10.2 Å². The van der Waals surface area contributed by atoms with Crippen LogP contribution in [0.5, 0.6) is 0 Å². The largest absolute Gasteiger partial charge is 0.393 e. The van der Waals surface area contributed by atoms with E-state index >= 15 is 0 Å². The molecule has 0 aliphatic heterocycles. The summed E-state index contributed by atoms with van der Waals surface area (Å²) < 4.78 is 0. The first kappa shape index (κ1) is 13.1. The Hall–Kier alpha value is -1.36. The summed E-state index contributed by atoms with van der Waals surface area (Å²) in [5.74, 6) is 2.58. The van der Waals surface area contributed by atoms with Crippen molar-refractivity contribution >= 4 is 11.6 Å². The molecule has 1 heterocycles. The highest BCUT2D eigenvalue weighted by Gasteiger charge is 2.23. The Morgan fingerprint density at radius 2 is 1.94 bits per heavy atom. The van der Waals surface area contributed by atoms with Crippen LogP contribution in [0.2, 0.25) is 0 Å². The molecule has 18 heavy (non-hydrogen) atoms. The first-order valence-electron chi connectivity index (χ1n) is 6.54. The second kappa shape index (κ2) is 5.52. The van der Waals surface area contributed by atoms with Crippen molar-refractivity contribution in [3.05, 3.63) is 11.9 Å². The summed E-state index contributed by atoms with van der Waals surface area (Å²) in [6, 6.07) is 2.44. The number of aliphatic hydroxyl groups is 1. The lowest BCUT2D eigenvalue weighted by atomic mass is 9.92. The topological polar surface area (TPSA) is 61.3 Å². The lowest BCUT2D eigenvalue weighted by Gasteiger charge is -2.34. The molecule has 0 spiro atoms. The number of hydrogen-bond acceptors (Lipinski definition) is 5. The summed E-state index contributed by atoms with van der Waals surface area (Å²) in [6.45, 7) is 1.91. The number of hydrogen-bond donors (Lipinski definition) is 2. The standard InChI is InChI=1S/C13H22N4O/c1-9-15-12(14-2)8-13(16-9)17(3)10-4-6-11(18)7-5-10/h8,10-11,18H,4-7H2,1-3H3,(H,14,15,16). The zero-order valence-corrected chi connectivity index (χ0v) is 11.3. The van der Waals surface area contributed by atoms with Crippen molar-refractivity contribution in [3.8, 4) is 0 Å². The van der Waals surface area contributed by atoms with Crippen molar-refractivity contribution in [2.45, 2.75) is 44.8 Å². The summed E-state index contributed by atoms with van der Waals surface area (Å²) in [6.07, 6.45) is 3.70. The van der Waals surface area contributed by atoms with Crippen LogP contribution in [0.3, 0.4) is 0 Å². The molecule has 1 fully saturated rings. The van der Waals surface area contributed by atoms with Crippen LogP contribution in [0, 0.1) is 6.92 Å². The van der Waals surface area contributed by atoms with Gasteiger partial charge in [0.25, 0.3) is 0 Å². The SMILES string of the molecule is CNc1cc(N(C)C2CCC(O)CC2)nc(C)n1. The van der Waals surface area contributed by atoms with Crippen molar-refractivity contribution in [2.75, 3.05) is 24.3 Å². The molecule has 5 nitrogen and oxygen atoms in total. The first-order chi connectivity index (χ1) is 8.60. The van der Waals surface area contributed by atoms with E-state index in [4.69, 9.17) is 0 Å². The Balaban J connectivity index is 2.12. The fourth-order valence-electron chi connectivity index (χ4n) is 2.49. The molecule has 0 aromatic carbocycles. The number of nitrogens with one attached hydrogen (secondary N) is 1. The van der Waals surface area contributed by atoms with Gasteiger partial charge in [0.1, 0.15) is 17.5 Å². The van der Waals surface area contributed by atoms with Gasteiger partial charge >= 0.3 is 0 Å². The quantitative estimate of drug-likeness (QED) is 0.852. The molecular formula is C13H22N4O. The van der Waals surface area contributed by atoms with Gasteiger partial charge in [-0.1, -0.05) is 0 Å². The van der Waals surface area contributed by atoms with Crippen LogP contribution in [0.15, 0.2) is 6.07 Å². The predicted molar refractivity (Wildman–Crippen MR) is 73.0 cm³/mol. The van der Waals surface area contributed by atoms with Crippen LogP contribution in [0.25, 0.3) is 0 Å². The van der Waals surface area contributed by atoms with E-state index < -0.39 is 0 Å². The number of aliphatic hydroxyl groups excluding tert-OH is 1. The molecule has 1 saturated carbocycles. The third-order valence-electron chi connectivity index (χ3n) is 3.66. The van der Waals surface area contributed by atoms with Gasteiger partial charge < -0.3 is 15.3 Å². The van der Waals surface area contributed by atoms with Crippen LogP contribution in [-0.4, -0.2) is 41.3 Å². The normalized spacial score (nSPS) is 23.8. The van der Waals surface area contributed by atoms with E-state index in [0.29, 0.717) is 6.04 Å². The van der Waals surface area contributed by atoms with Crippen LogP contribution in [0.1, 0.15) is 31.5 Å². The van der Waals surface area contributed by atoms with Gasteiger partial charge in [0, 0.05) is 26.2 Å². The number of aromatic nitrogens is 2. The highest BCUT2D eigenvalue weighted by molar-refractivity contribution is 5.49. The van der Waals surface area contributed by atoms with E-state index in [0.717, 1.165) is 43.1 Å². The van der Waals surface area contributed by atoms with E-state index in [-0.39, 0.29) is 6.10 Å². The number of rotatable bonds is 3. The Morgan fingerprint density at radius 3 is 2.56 bits per heavy atom. The maximum absolute atomic E-state index is 9.55. The number of nitrogens with zero attached hydrogens (tertiary/aromatic N) is 3. The van der Waals surface area contributed by atoms with Gasteiger partial charge in [0.2, 0.25) is 0 Å². The molecule has 1 aliphatic carbocycles. The highest BCUT2D eigenvalue weighted by Crippen LogP contribution is 2.26. The van der Waals surface area contributed by atoms with E-state index in [1.807, 2.05) is 20.0 Å². The van der Waals surface area contributed by atoms with Crippen molar-refractivity contribution in [1.82, 2.24) is 9.97 Å². The lowest BCUT2D eigenvalue weighted by Crippen LogP contribution is -2.37. The van der Waals surface area contributed by atoms with Gasteiger partial charge in [0.15, 0.2) is 0 Å². The van der Waals surface area contributed by atoms with Gasteiger partial charge in [-0.3, -0.25) is 0 Å². The average molecular weight is 250 g/mol. The maximum atomic E-state index is 9.55. The molecule has 0 bridgehead atoms. The molecule has 2 rings (SSSR count). The third kappa shape index (κ3) is 2.90. The summed E-state index contributed by atoms with van der Waals surface area (Å²) in [5.41, 5.74) is 0. The van der Waals surface area contributed by atoms with Crippen molar-refractivity contribution < 1.29 is 5.11 Å². The molecule has 1 aliphatic rings. The molecule has 0 atom stereocenters. The third-order valence-corrected chi connectivity index (χ3v) is 3.66. The maximum Gasteiger partial charge on any atom is 0.134 e. The summed E-state index contributed by atoms with van der Waals surface area (Å²) in [5, 5.41) is 12.6. The van der Waals surface area contributed by atoms with Crippen molar-refractivity contribution in [3.63, 3.8) is 0 Å². The Labute approximate surface area is 108 Å². The Kier molecular flexibility index (Phi) is 4.01. The van der Waals surface area contributed by atoms with Crippen LogP contribution in [0.4, 0.5) is 11.6 Å². The van der Waals surface area contributed by atoms with E-state index in [1.54, 1.807) is 0 Å². The monoisotopic (exact) mass is 250 g/mol. The summed E-state index contributed by atoms with van der Waals surface area (Å²) in [4.78, 5) is 11.0. The molecule has 2 N–H and O–H groups in total. The highest BCUT2D eigenvalue weighted by atomic mass is 16.3. The Bertz CT molecular complexity index is 402. The minimum absolute atomic E-state index is 0.116. The van der Waals surface area contributed by atoms with Gasteiger partial charge in [-0.05, 0) is 32.6 Å². The molecule has 100 valence electrons. The minimum atomic E-state index is -0.116. The fourth-order valence-corrected chi connectivity index (χ4v) is 2.49. The zero-order valence-electron chi connectivity index (χ0n) is 11.3. The van der Waals surface area contributed by atoms with E-state index in [9.17, 15) is 5.11 Å².